The summed E-state index contributed by atoms with van der Waals surface area (Å²) in [5.74, 6) is -0.193. The van der Waals surface area contributed by atoms with Crippen LogP contribution in [0.1, 0.15) is 47.4 Å². The lowest BCUT2D eigenvalue weighted by Crippen LogP contribution is -2.37. The second-order valence-corrected chi connectivity index (χ2v) is 12.0. The van der Waals surface area contributed by atoms with Crippen LogP contribution in [0.2, 0.25) is 0 Å². The number of likely N-dealkylation sites (N-methyl/N-ethyl adjacent to an activating group) is 1. The van der Waals surface area contributed by atoms with Gasteiger partial charge in [-0.25, -0.2) is 4.98 Å². The summed E-state index contributed by atoms with van der Waals surface area (Å²) in [6, 6.07) is 47.4. The molecule has 1 heterocycles. The van der Waals surface area contributed by atoms with Crippen molar-refractivity contribution >= 4 is 5.91 Å². The highest BCUT2D eigenvalue weighted by Gasteiger charge is 2.42. The molecule has 1 atom stereocenters. The summed E-state index contributed by atoms with van der Waals surface area (Å²) in [4.78, 5) is 16.9. The van der Waals surface area contributed by atoms with Crippen molar-refractivity contribution in [3.8, 4) is 11.1 Å². The van der Waals surface area contributed by atoms with Gasteiger partial charge in [0.25, 0.3) is 0 Å². The molecule has 230 valence electrons. The van der Waals surface area contributed by atoms with Crippen LogP contribution in [0.3, 0.4) is 0 Å². The molecule has 0 spiro atoms. The molecular weight excluding hydrogens is 566 g/mol. The van der Waals surface area contributed by atoms with E-state index in [1.165, 1.54) is 0 Å². The van der Waals surface area contributed by atoms with E-state index in [0.29, 0.717) is 12.1 Å². The van der Waals surface area contributed by atoms with Crippen molar-refractivity contribution in [1.29, 1.82) is 0 Å². The number of aliphatic hydroxyl groups is 1. The quantitative estimate of drug-likeness (QED) is 0.158. The number of carbonyl (C=O) groups is 1. The van der Waals surface area contributed by atoms with E-state index >= 15 is 0 Å². The first-order chi connectivity index (χ1) is 22.4. The second kappa shape index (κ2) is 13.0. The fraction of sp³-hybridized carbons (Fsp3) is 0.171. The molecule has 1 aromatic heterocycles. The lowest BCUT2D eigenvalue weighted by molar-refractivity contribution is -0.119. The summed E-state index contributed by atoms with van der Waals surface area (Å²) in [6.07, 6.45) is 4.18. The SMILES string of the molecule is CNC(=O)Cc1cccc(-c2ccc(C(O)(c3cn(C(c4ccccc4)(c4ccccc4)c4ccccc4)cn3)C(C)C)cc2)c1. The van der Waals surface area contributed by atoms with Crippen LogP contribution in [0, 0.1) is 5.92 Å². The van der Waals surface area contributed by atoms with Gasteiger partial charge in [-0.05, 0) is 44.9 Å². The van der Waals surface area contributed by atoms with E-state index in [0.717, 1.165) is 38.9 Å². The Morgan fingerprint density at radius 1 is 0.717 bits per heavy atom. The number of nitrogens with zero attached hydrogens (tertiary/aromatic N) is 2. The molecule has 1 unspecified atom stereocenters. The molecule has 0 bridgehead atoms. The average Bonchev–Trinajstić information content (AvgIpc) is 3.61. The Morgan fingerprint density at radius 2 is 1.26 bits per heavy atom. The Labute approximate surface area is 271 Å². The number of imidazole rings is 1. The first-order valence-corrected chi connectivity index (χ1v) is 15.7. The summed E-state index contributed by atoms with van der Waals surface area (Å²) in [5, 5.41) is 15.2. The zero-order valence-corrected chi connectivity index (χ0v) is 26.5. The van der Waals surface area contributed by atoms with Crippen LogP contribution < -0.4 is 5.32 Å². The molecule has 0 saturated heterocycles. The summed E-state index contributed by atoms with van der Waals surface area (Å²) >= 11 is 0. The van der Waals surface area contributed by atoms with Gasteiger partial charge in [-0.1, -0.05) is 153 Å². The fourth-order valence-corrected chi connectivity index (χ4v) is 6.52. The number of amides is 1. The minimum Gasteiger partial charge on any atom is -0.378 e. The van der Waals surface area contributed by atoms with Gasteiger partial charge < -0.3 is 15.0 Å². The smallest absolute Gasteiger partial charge is 0.224 e. The Morgan fingerprint density at radius 3 is 1.76 bits per heavy atom. The fourth-order valence-electron chi connectivity index (χ4n) is 6.52. The summed E-state index contributed by atoms with van der Waals surface area (Å²) in [7, 11) is 1.65. The molecule has 0 fully saturated rings. The van der Waals surface area contributed by atoms with Gasteiger partial charge in [0.1, 0.15) is 11.1 Å². The highest BCUT2D eigenvalue weighted by atomic mass is 16.3. The van der Waals surface area contributed by atoms with Crippen molar-refractivity contribution in [2.24, 2.45) is 5.92 Å². The third-order valence-corrected chi connectivity index (χ3v) is 9.00. The number of carbonyl (C=O) groups excluding carboxylic acids is 1. The molecule has 1 amide bonds. The van der Waals surface area contributed by atoms with E-state index in [2.05, 4.69) is 82.7 Å². The number of hydrogen-bond acceptors (Lipinski definition) is 3. The average molecular weight is 606 g/mol. The number of hydrogen-bond donors (Lipinski definition) is 2. The minimum atomic E-state index is -1.35. The Balaban J connectivity index is 1.45. The second-order valence-electron chi connectivity index (χ2n) is 12.0. The third kappa shape index (κ3) is 5.55. The van der Waals surface area contributed by atoms with Gasteiger partial charge in [0.2, 0.25) is 5.91 Å². The number of nitrogens with one attached hydrogen (secondary N) is 1. The maximum absolute atomic E-state index is 12.5. The van der Waals surface area contributed by atoms with Crippen molar-refractivity contribution < 1.29 is 9.90 Å². The topological polar surface area (TPSA) is 67.2 Å². The predicted molar refractivity (Wildman–Crippen MR) is 184 cm³/mol. The first-order valence-electron chi connectivity index (χ1n) is 15.7. The zero-order chi connectivity index (χ0) is 32.1. The molecule has 0 aliphatic heterocycles. The van der Waals surface area contributed by atoms with Crippen LogP contribution in [0.15, 0.2) is 152 Å². The molecule has 0 aliphatic rings. The Bertz CT molecular complexity index is 1800. The highest BCUT2D eigenvalue weighted by Crippen LogP contribution is 2.43. The van der Waals surface area contributed by atoms with Crippen molar-refractivity contribution in [2.45, 2.75) is 31.4 Å². The lowest BCUT2D eigenvalue weighted by Gasteiger charge is -2.37. The van der Waals surface area contributed by atoms with Gasteiger partial charge >= 0.3 is 0 Å². The normalized spacial score (nSPS) is 12.9. The van der Waals surface area contributed by atoms with Gasteiger partial charge in [0, 0.05) is 13.2 Å². The molecule has 5 aromatic carbocycles. The standard InChI is InChI=1S/C41H39N3O2/c1-30(2)41(46,37-24-22-32(23-25-37)33-15-13-14-31(26-33)27-39(45)42-3)38-28-44(29-43-38)40(34-16-7-4-8-17-34,35-18-9-5-10-19-35)36-20-11-6-12-21-36/h4-26,28-30,46H,27H2,1-3H3,(H,42,45). The van der Waals surface area contributed by atoms with Crippen LogP contribution in [0.25, 0.3) is 11.1 Å². The van der Waals surface area contributed by atoms with Crippen LogP contribution in [-0.4, -0.2) is 27.6 Å². The van der Waals surface area contributed by atoms with Crippen LogP contribution in [-0.2, 0) is 22.4 Å². The first kappa shape index (κ1) is 30.8. The number of aromatic nitrogens is 2. The van der Waals surface area contributed by atoms with E-state index in [1.54, 1.807) is 7.05 Å². The molecule has 0 aliphatic carbocycles. The summed E-state index contributed by atoms with van der Waals surface area (Å²) < 4.78 is 2.14. The molecule has 5 heteroatoms. The van der Waals surface area contributed by atoms with E-state index in [4.69, 9.17) is 4.98 Å². The Hall–Kier alpha value is -5.26. The molecular formula is C41H39N3O2. The molecule has 46 heavy (non-hydrogen) atoms. The monoisotopic (exact) mass is 605 g/mol. The molecule has 0 radical (unpaired) electrons. The van der Waals surface area contributed by atoms with Gasteiger partial charge in [0.15, 0.2) is 0 Å². The summed E-state index contributed by atoms with van der Waals surface area (Å²) in [5.41, 5.74) is 5.52. The van der Waals surface area contributed by atoms with Gasteiger partial charge in [-0.3, -0.25) is 4.79 Å². The molecule has 0 saturated carbocycles. The summed E-state index contributed by atoms with van der Waals surface area (Å²) in [6.45, 7) is 4.04. The van der Waals surface area contributed by atoms with Gasteiger partial charge in [-0.2, -0.15) is 0 Å². The maximum atomic E-state index is 12.5. The molecule has 5 nitrogen and oxygen atoms in total. The van der Waals surface area contributed by atoms with Crippen molar-refractivity contribution in [3.05, 3.63) is 186 Å². The van der Waals surface area contributed by atoms with Crippen molar-refractivity contribution in [1.82, 2.24) is 14.9 Å². The van der Waals surface area contributed by atoms with Crippen LogP contribution in [0.5, 0.6) is 0 Å². The number of benzene rings is 5. The van der Waals surface area contributed by atoms with Crippen LogP contribution >= 0.6 is 0 Å². The van der Waals surface area contributed by atoms with Gasteiger partial charge in [0.05, 0.1) is 18.4 Å². The molecule has 6 rings (SSSR count). The van der Waals surface area contributed by atoms with Crippen molar-refractivity contribution in [2.75, 3.05) is 7.05 Å². The zero-order valence-electron chi connectivity index (χ0n) is 26.5. The van der Waals surface area contributed by atoms with E-state index in [9.17, 15) is 9.90 Å². The predicted octanol–water partition coefficient (Wildman–Crippen LogP) is 7.57. The molecule has 2 N–H and O–H groups in total. The highest BCUT2D eigenvalue weighted by molar-refractivity contribution is 5.79. The van der Waals surface area contributed by atoms with E-state index in [-0.39, 0.29) is 11.8 Å². The van der Waals surface area contributed by atoms with Crippen molar-refractivity contribution in [3.63, 3.8) is 0 Å². The largest absolute Gasteiger partial charge is 0.378 e. The molecule has 6 aromatic rings. The van der Waals surface area contributed by atoms with E-state index < -0.39 is 11.1 Å². The third-order valence-electron chi connectivity index (χ3n) is 9.00. The van der Waals surface area contributed by atoms with E-state index in [1.807, 2.05) is 93.1 Å². The van der Waals surface area contributed by atoms with Crippen LogP contribution in [0.4, 0.5) is 0 Å². The van der Waals surface area contributed by atoms with Gasteiger partial charge in [-0.15, -0.1) is 0 Å². The number of rotatable bonds is 10. The minimum absolute atomic E-state index is 0.0234. The Kier molecular flexibility index (Phi) is 8.69. The lowest BCUT2D eigenvalue weighted by atomic mass is 9.76. The maximum Gasteiger partial charge on any atom is 0.224 e.